The van der Waals surface area contributed by atoms with Crippen molar-refractivity contribution in [3.63, 3.8) is 0 Å². The number of rotatable bonds is 8. The van der Waals surface area contributed by atoms with E-state index in [9.17, 15) is 9.90 Å². The summed E-state index contributed by atoms with van der Waals surface area (Å²) >= 11 is 0. The van der Waals surface area contributed by atoms with E-state index in [0.717, 1.165) is 50.3 Å². The van der Waals surface area contributed by atoms with Crippen LogP contribution in [0.25, 0.3) is 11.5 Å². The van der Waals surface area contributed by atoms with Crippen molar-refractivity contribution in [3.05, 3.63) is 77.4 Å². The quantitative estimate of drug-likeness (QED) is 0.254. The van der Waals surface area contributed by atoms with E-state index in [1.165, 1.54) is 0 Å². The van der Waals surface area contributed by atoms with E-state index in [2.05, 4.69) is 36.0 Å². The summed E-state index contributed by atoms with van der Waals surface area (Å²) in [6.07, 6.45) is 4.80. The van der Waals surface area contributed by atoms with Crippen LogP contribution < -0.4 is 16.0 Å². The first-order valence-electron chi connectivity index (χ1n) is 14.1. The number of fused-ring (bicyclic) bond motifs is 4. The molecule has 8 rings (SSSR count). The predicted molar refractivity (Wildman–Crippen MR) is 153 cm³/mol. The number of nitrogens with zero attached hydrogens (tertiary/aromatic N) is 5. The molecule has 4 aliphatic heterocycles. The monoisotopic (exact) mass is 552 g/mol. The van der Waals surface area contributed by atoms with Crippen molar-refractivity contribution in [1.82, 2.24) is 30.3 Å². The van der Waals surface area contributed by atoms with Crippen LogP contribution in [0.5, 0.6) is 0 Å². The molecule has 0 radical (unpaired) electrons. The average Bonchev–Trinajstić information content (AvgIpc) is 3.62. The highest BCUT2D eigenvalue weighted by molar-refractivity contribution is 5.98. The van der Waals surface area contributed by atoms with Gasteiger partial charge in [-0.25, -0.2) is 9.97 Å². The van der Waals surface area contributed by atoms with Crippen LogP contribution in [0.2, 0.25) is 0 Å². The minimum atomic E-state index is -0.370. The fourth-order valence-corrected chi connectivity index (χ4v) is 6.17. The molecular weight excluding hydrogens is 520 g/mol. The highest BCUT2D eigenvalue weighted by atomic mass is 16.5. The summed E-state index contributed by atoms with van der Waals surface area (Å²) in [5.74, 6) is 2.15. The zero-order valence-corrected chi connectivity index (χ0v) is 22.8. The van der Waals surface area contributed by atoms with E-state index in [4.69, 9.17) is 9.51 Å². The van der Waals surface area contributed by atoms with Crippen molar-refractivity contribution in [1.29, 1.82) is 0 Å². The molecule has 210 valence electrons. The Bertz CT molecular complexity index is 1570. The molecule has 4 aliphatic rings. The van der Waals surface area contributed by atoms with E-state index in [0.29, 0.717) is 40.0 Å². The number of piperidine rings is 3. The van der Waals surface area contributed by atoms with Crippen LogP contribution in [0.1, 0.15) is 65.7 Å². The maximum Gasteiger partial charge on any atom is 0.261 e. The molecule has 3 fully saturated rings. The van der Waals surface area contributed by atoms with Gasteiger partial charge in [-0.1, -0.05) is 35.5 Å². The summed E-state index contributed by atoms with van der Waals surface area (Å²) in [5, 5.41) is 24.4. The molecule has 0 spiro atoms. The van der Waals surface area contributed by atoms with Crippen molar-refractivity contribution in [2.75, 3.05) is 36.9 Å². The minimum Gasteiger partial charge on any atom is -0.394 e. The van der Waals surface area contributed by atoms with Crippen molar-refractivity contribution < 1.29 is 14.4 Å². The summed E-state index contributed by atoms with van der Waals surface area (Å²) in [6.45, 7) is 4.98. The number of nitrogens with one attached hydrogen (secondary N) is 3. The van der Waals surface area contributed by atoms with Crippen LogP contribution in [0.4, 0.5) is 17.3 Å². The largest absolute Gasteiger partial charge is 0.394 e. The van der Waals surface area contributed by atoms with E-state index >= 15 is 0 Å². The van der Waals surface area contributed by atoms with E-state index in [1.54, 1.807) is 18.3 Å². The summed E-state index contributed by atoms with van der Waals surface area (Å²) in [7, 11) is 0. The fourth-order valence-electron chi connectivity index (χ4n) is 6.17. The van der Waals surface area contributed by atoms with Crippen molar-refractivity contribution in [2.24, 2.45) is 0 Å². The number of hydrogen-bond acceptors (Lipinski definition) is 10. The van der Waals surface area contributed by atoms with Gasteiger partial charge in [0, 0.05) is 17.7 Å². The Morgan fingerprint density at radius 3 is 2.61 bits per heavy atom. The number of aliphatic hydroxyl groups excluding tert-OH is 1. The molecule has 11 nitrogen and oxygen atoms in total. The second-order valence-electron chi connectivity index (χ2n) is 11.1. The van der Waals surface area contributed by atoms with Gasteiger partial charge in [-0.2, -0.15) is 4.98 Å². The zero-order valence-electron chi connectivity index (χ0n) is 22.8. The first-order chi connectivity index (χ1) is 20.0. The number of anilines is 3. The molecule has 2 atom stereocenters. The lowest BCUT2D eigenvalue weighted by molar-refractivity contribution is 0.0747. The predicted octanol–water partition coefficient (Wildman–Crippen LogP) is 3.96. The van der Waals surface area contributed by atoms with Gasteiger partial charge in [0.1, 0.15) is 11.6 Å². The maximum atomic E-state index is 12.1. The van der Waals surface area contributed by atoms with Gasteiger partial charge in [-0.3, -0.25) is 4.79 Å². The molecule has 0 aliphatic carbocycles. The summed E-state index contributed by atoms with van der Waals surface area (Å²) in [6, 6.07) is 14.6. The third-order valence-electron chi connectivity index (χ3n) is 8.65. The van der Waals surface area contributed by atoms with Gasteiger partial charge in [0.25, 0.3) is 11.8 Å². The number of carbonyl (C=O) groups excluding carboxylic acids is 1. The van der Waals surface area contributed by atoms with Crippen LogP contribution in [-0.2, 0) is 5.41 Å². The summed E-state index contributed by atoms with van der Waals surface area (Å²) in [5.41, 5.74) is 3.52. The van der Waals surface area contributed by atoms with Crippen LogP contribution in [0.3, 0.4) is 0 Å². The Morgan fingerprint density at radius 2 is 1.85 bits per heavy atom. The van der Waals surface area contributed by atoms with Gasteiger partial charge in [-0.05, 0) is 63.5 Å². The average molecular weight is 553 g/mol. The molecule has 2 bridgehead atoms. The molecule has 4 aromatic rings. The Kier molecular flexibility index (Phi) is 6.40. The lowest BCUT2D eigenvalue weighted by atomic mass is 9.71. The zero-order chi connectivity index (χ0) is 28.0. The van der Waals surface area contributed by atoms with E-state index in [-0.39, 0.29) is 30.0 Å². The molecule has 7 heterocycles. The number of pyridine rings is 2. The number of aliphatic hydroxyl groups is 1. The highest BCUT2D eigenvalue weighted by Crippen LogP contribution is 2.42. The number of aromatic nitrogens is 4. The van der Waals surface area contributed by atoms with Crippen LogP contribution in [-0.4, -0.2) is 62.3 Å². The molecule has 4 N–H and O–H groups in total. The fraction of sp³-hybridized carbons (Fsp3) is 0.367. The molecular formula is C30H32N8O3. The second-order valence-corrected chi connectivity index (χ2v) is 11.1. The normalized spacial score (nSPS) is 23.6. The highest BCUT2D eigenvalue weighted by Gasteiger charge is 2.44. The van der Waals surface area contributed by atoms with E-state index in [1.807, 2.05) is 43.3 Å². The Hall–Kier alpha value is -4.35. The number of benzene rings is 1. The summed E-state index contributed by atoms with van der Waals surface area (Å²) in [4.78, 5) is 28.8. The van der Waals surface area contributed by atoms with Gasteiger partial charge >= 0.3 is 0 Å². The topological polar surface area (TPSA) is 141 Å². The van der Waals surface area contributed by atoms with Gasteiger partial charge < -0.3 is 30.5 Å². The maximum absolute atomic E-state index is 12.1. The molecule has 41 heavy (non-hydrogen) atoms. The summed E-state index contributed by atoms with van der Waals surface area (Å²) < 4.78 is 5.85. The van der Waals surface area contributed by atoms with Gasteiger partial charge in [0.2, 0.25) is 0 Å². The van der Waals surface area contributed by atoms with Crippen molar-refractivity contribution >= 4 is 23.2 Å². The second kappa shape index (κ2) is 10.2. The van der Waals surface area contributed by atoms with Crippen LogP contribution >= 0.6 is 0 Å². The van der Waals surface area contributed by atoms with Crippen molar-refractivity contribution in [3.8, 4) is 11.5 Å². The lowest BCUT2D eigenvalue weighted by Gasteiger charge is -2.46. The molecule has 3 saturated heterocycles. The number of hydrogen-bond donors (Lipinski definition) is 4. The van der Waals surface area contributed by atoms with E-state index < -0.39 is 0 Å². The smallest absolute Gasteiger partial charge is 0.261 e. The van der Waals surface area contributed by atoms with Gasteiger partial charge in [0.15, 0.2) is 5.82 Å². The number of amides is 1. The number of carbonyl (C=O) groups is 1. The standard InChI is InChI=1S/C30H32N8O3/c1-18-26-20(27(40)32-18)7-8-24(35-26)34-25-15-22(33-23(17-39)19-5-3-2-4-6-19)21(16-31-25)28-36-29(37-41-28)30-9-12-38(13-10-30)14-11-30/h2-8,15-16,18,23,39H,9-14,17H2,1H3,(H,32,40)(H2,31,33,34,35)/t18?,23-/m1/s1. The minimum absolute atomic E-state index is 0.0384. The molecule has 3 aromatic heterocycles. The first-order valence-corrected chi connectivity index (χ1v) is 14.1. The molecule has 1 unspecified atom stereocenters. The Labute approximate surface area is 237 Å². The third-order valence-corrected chi connectivity index (χ3v) is 8.65. The Morgan fingerprint density at radius 1 is 1.07 bits per heavy atom. The molecule has 11 heteroatoms. The van der Waals surface area contributed by atoms with Gasteiger partial charge in [0.05, 0.1) is 41.2 Å². The molecule has 1 amide bonds. The Balaban J connectivity index is 1.23. The van der Waals surface area contributed by atoms with Crippen LogP contribution in [0.15, 0.2) is 59.3 Å². The SMILES string of the molecule is CC1NC(=O)c2ccc(Nc3cc(N[C@H](CO)c4ccccc4)c(-c4nc(C56CCN(CC5)CC6)no4)cn3)nc21. The molecule has 1 aromatic carbocycles. The van der Waals surface area contributed by atoms with Crippen molar-refractivity contribution in [2.45, 2.75) is 43.7 Å². The van der Waals surface area contributed by atoms with Crippen LogP contribution in [0, 0.1) is 0 Å². The lowest BCUT2D eigenvalue weighted by Crippen LogP contribution is -2.51. The van der Waals surface area contributed by atoms with Gasteiger partial charge in [-0.15, -0.1) is 0 Å². The molecule has 0 saturated carbocycles. The first kappa shape index (κ1) is 25.6. The third kappa shape index (κ3) is 4.70.